The summed E-state index contributed by atoms with van der Waals surface area (Å²) in [5, 5.41) is 7.78. The van der Waals surface area contributed by atoms with Crippen molar-refractivity contribution in [3.05, 3.63) is 53.6 Å². The molecule has 0 atom stereocenters. The molecule has 4 rings (SSSR count). The quantitative estimate of drug-likeness (QED) is 0.332. The second-order valence-corrected chi connectivity index (χ2v) is 9.56. The van der Waals surface area contributed by atoms with Crippen LogP contribution in [0.15, 0.2) is 42.5 Å². The summed E-state index contributed by atoms with van der Waals surface area (Å²) >= 11 is 0. The fourth-order valence-corrected chi connectivity index (χ4v) is 3.92. The molecule has 0 spiro atoms. The molecule has 4 aromatic carbocycles. The predicted molar refractivity (Wildman–Crippen MR) is 114 cm³/mol. The molecule has 26 heavy (non-hydrogen) atoms. The Labute approximate surface area is 156 Å². The van der Waals surface area contributed by atoms with E-state index in [1.165, 1.54) is 43.4 Å². The molecule has 0 aliphatic heterocycles. The van der Waals surface area contributed by atoms with Gasteiger partial charge in [-0.1, -0.05) is 71.9 Å². The molecule has 0 N–H and O–H groups in total. The molecule has 0 saturated carbocycles. The van der Waals surface area contributed by atoms with Crippen LogP contribution in [0.4, 0.5) is 0 Å². The molecular weight excluding hydrogens is 316 g/mol. The third-order valence-corrected chi connectivity index (χ3v) is 5.56. The van der Waals surface area contributed by atoms with Crippen LogP contribution in [-0.2, 0) is 10.8 Å². The van der Waals surface area contributed by atoms with E-state index in [2.05, 4.69) is 84.0 Å². The van der Waals surface area contributed by atoms with E-state index in [0.717, 1.165) is 5.75 Å². The van der Waals surface area contributed by atoms with Gasteiger partial charge in [-0.3, -0.25) is 0 Å². The molecule has 1 heteroatoms. The highest BCUT2D eigenvalue weighted by Crippen LogP contribution is 2.43. The van der Waals surface area contributed by atoms with Crippen LogP contribution >= 0.6 is 0 Å². The molecule has 0 fully saturated rings. The minimum Gasteiger partial charge on any atom is -0.496 e. The topological polar surface area (TPSA) is 9.23 Å². The van der Waals surface area contributed by atoms with E-state index in [9.17, 15) is 0 Å². The molecule has 134 valence electrons. The maximum Gasteiger partial charge on any atom is 0.127 e. The normalized spacial score (nSPS) is 13.2. The standard InChI is InChI=1S/C25H28O/c1-24(2,3)18-10-15-8-9-16-11-19(25(4,5)6)14-20-21(26-7)13-17(12-18)22(15)23(16)20/h8-14H,1-7H3. The zero-order valence-corrected chi connectivity index (χ0v) is 16.9. The van der Waals surface area contributed by atoms with Crippen LogP contribution in [0.1, 0.15) is 52.7 Å². The number of hydrogen-bond donors (Lipinski definition) is 0. The molecule has 0 bridgehead atoms. The maximum absolute atomic E-state index is 5.82. The van der Waals surface area contributed by atoms with E-state index in [1.807, 2.05) is 0 Å². The predicted octanol–water partition coefficient (Wildman–Crippen LogP) is 7.19. The lowest BCUT2D eigenvalue weighted by Gasteiger charge is -2.24. The zero-order chi connectivity index (χ0) is 18.9. The monoisotopic (exact) mass is 344 g/mol. The largest absolute Gasteiger partial charge is 0.496 e. The van der Waals surface area contributed by atoms with Crippen molar-refractivity contribution in [1.82, 2.24) is 0 Å². The highest BCUT2D eigenvalue weighted by Gasteiger charge is 2.21. The number of rotatable bonds is 1. The summed E-state index contributed by atoms with van der Waals surface area (Å²) in [6, 6.07) is 16.1. The van der Waals surface area contributed by atoms with Crippen LogP contribution < -0.4 is 4.74 Å². The van der Waals surface area contributed by atoms with Crippen LogP contribution in [0.2, 0.25) is 0 Å². The van der Waals surface area contributed by atoms with E-state index >= 15 is 0 Å². The SMILES string of the molecule is COc1cc2cc(C(C)(C)C)cc3ccc4cc(C(C)(C)C)cc1c4c32. The van der Waals surface area contributed by atoms with Gasteiger partial charge >= 0.3 is 0 Å². The van der Waals surface area contributed by atoms with Gasteiger partial charge in [0, 0.05) is 10.8 Å². The van der Waals surface area contributed by atoms with Crippen molar-refractivity contribution < 1.29 is 4.74 Å². The second-order valence-electron chi connectivity index (χ2n) is 9.56. The van der Waals surface area contributed by atoms with Crippen molar-refractivity contribution in [2.75, 3.05) is 7.11 Å². The highest BCUT2D eigenvalue weighted by atomic mass is 16.5. The van der Waals surface area contributed by atoms with Gasteiger partial charge in [-0.25, -0.2) is 0 Å². The zero-order valence-electron chi connectivity index (χ0n) is 16.9. The summed E-state index contributed by atoms with van der Waals surface area (Å²) in [7, 11) is 1.78. The van der Waals surface area contributed by atoms with Crippen LogP contribution in [0, 0.1) is 0 Å². The van der Waals surface area contributed by atoms with Crippen LogP contribution in [0.5, 0.6) is 5.75 Å². The van der Waals surface area contributed by atoms with E-state index in [-0.39, 0.29) is 10.8 Å². The van der Waals surface area contributed by atoms with Gasteiger partial charge in [0.2, 0.25) is 0 Å². The van der Waals surface area contributed by atoms with Crippen LogP contribution in [0.3, 0.4) is 0 Å². The summed E-state index contributed by atoms with van der Waals surface area (Å²) < 4.78 is 5.82. The Bertz CT molecular complexity index is 1120. The van der Waals surface area contributed by atoms with E-state index < -0.39 is 0 Å². The van der Waals surface area contributed by atoms with Crippen molar-refractivity contribution in [2.24, 2.45) is 0 Å². The van der Waals surface area contributed by atoms with Gasteiger partial charge in [0.25, 0.3) is 0 Å². The summed E-state index contributed by atoms with van der Waals surface area (Å²) in [6.45, 7) is 13.6. The molecule has 0 heterocycles. The van der Waals surface area contributed by atoms with E-state index in [4.69, 9.17) is 4.74 Å². The molecular formula is C25H28O. The summed E-state index contributed by atoms with van der Waals surface area (Å²) in [5.74, 6) is 0.965. The lowest BCUT2D eigenvalue weighted by molar-refractivity contribution is 0.420. The molecule has 0 radical (unpaired) electrons. The van der Waals surface area contributed by atoms with Crippen molar-refractivity contribution in [3.8, 4) is 5.75 Å². The Balaban J connectivity index is 2.20. The van der Waals surface area contributed by atoms with Crippen LogP contribution in [0.25, 0.3) is 32.3 Å². The Kier molecular flexibility index (Phi) is 3.54. The average Bonchev–Trinajstić information content (AvgIpc) is 2.56. The van der Waals surface area contributed by atoms with Crippen molar-refractivity contribution >= 4 is 32.3 Å². The Morgan fingerprint density at radius 1 is 0.615 bits per heavy atom. The third kappa shape index (κ3) is 2.53. The first kappa shape index (κ1) is 17.1. The number of ether oxygens (including phenoxy) is 1. The lowest BCUT2D eigenvalue weighted by atomic mass is 9.81. The number of methoxy groups -OCH3 is 1. The van der Waals surface area contributed by atoms with E-state index in [0.29, 0.717) is 0 Å². The molecule has 0 aromatic heterocycles. The minimum atomic E-state index is 0.106. The van der Waals surface area contributed by atoms with Gasteiger partial charge in [0.1, 0.15) is 5.75 Å². The first-order valence-electron chi connectivity index (χ1n) is 9.41. The molecule has 0 aliphatic rings. The Hall–Kier alpha value is -2.28. The fourth-order valence-electron chi connectivity index (χ4n) is 3.92. The van der Waals surface area contributed by atoms with Gasteiger partial charge in [0.15, 0.2) is 0 Å². The van der Waals surface area contributed by atoms with Crippen LogP contribution in [-0.4, -0.2) is 7.11 Å². The molecule has 0 aliphatic carbocycles. The number of benzene rings is 4. The molecule has 0 unspecified atom stereocenters. The average molecular weight is 344 g/mol. The summed E-state index contributed by atoms with van der Waals surface area (Å²) in [6.07, 6.45) is 0. The smallest absolute Gasteiger partial charge is 0.127 e. The van der Waals surface area contributed by atoms with Gasteiger partial charge in [-0.2, -0.15) is 0 Å². The highest BCUT2D eigenvalue weighted by molar-refractivity contribution is 6.25. The van der Waals surface area contributed by atoms with Crippen molar-refractivity contribution in [1.29, 1.82) is 0 Å². The van der Waals surface area contributed by atoms with Gasteiger partial charge in [0.05, 0.1) is 7.11 Å². The van der Waals surface area contributed by atoms with Crippen molar-refractivity contribution in [3.63, 3.8) is 0 Å². The molecule has 0 saturated heterocycles. The third-order valence-electron chi connectivity index (χ3n) is 5.56. The maximum atomic E-state index is 5.82. The summed E-state index contributed by atoms with van der Waals surface area (Å²) in [4.78, 5) is 0. The molecule has 0 amide bonds. The first-order valence-corrected chi connectivity index (χ1v) is 9.41. The van der Waals surface area contributed by atoms with Gasteiger partial charge in [-0.05, 0) is 55.6 Å². The Morgan fingerprint density at radius 2 is 1.12 bits per heavy atom. The first-order chi connectivity index (χ1) is 12.1. The van der Waals surface area contributed by atoms with Gasteiger partial charge < -0.3 is 4.74 Å². The van der Waals surface area contributed by atoms with Gasteiger partial charge in [-0.15, -0.1) is 0 Å². The van der Waals surface area contributed by atoms with E-state index in [1.54, 1.807) is 7.11 Å². The number of hydrogen-bond acceptors (Lipinski definition) is 1. The minimum absolute atomic E-state index is 0.106. The lowest BCUT2D eigenvalue weighted by Crippen LogP contribution is -2.11. The van der Waals surface area contributed by atoms with Crippen molar-refractivity contribution in [2.45, 2.75) is 52.4 Å². The second kappa shape index (κ2) is 5.36. The summed E-state index contributed by atoms with van der Waals surface area (Å²) in [5.41, 5.74) is 2.93. The molecule has 1 nitrogen and oxygen atoms in total. The Morgan fingerprint density at radius 3 is 1.65 bits per heavy atom. The molecule has 4 aromatic rings. The fraction of sp³-hybridized carbons (Fsp3) is 0.360.